The molecule has 9 nitrogen and oxygen atoms in total. The molecule has 0 radical (unpaired) electrons. The lowest BCUT2D eigenvalue weighted by Gasteiger charge is -2.35. The number of hydrogen-bond donors (Lipinski definition) is 1. The summed E-state index contributed by atoms with van der Waals surface area (Å²) in [7, 11) is 1.98. The molecule has 2 unspecified atom stereocenters. The summed E-state index contributed by atoms with van der Waals surface area (Å²) in [5.41, 5.74) is 0. The zero-order valence-electron chi connectivity index (χ0n) is 18.4. The van der Waals surface area contributed by atoms with Gasteiger partial charge >= 0.3 is 0 Å². The number of aromatic nitrogens is 3. The van der Waals surface area contributed by atoms with Gasteiger partial charge in [-0.3, -0.25) is 0 Å². The second-order valence-electron chi connectivity index (χ2n) is 8.53. The highest BCUT2D eigenvalue weighted by Gasteiger charge is 2.25. The Hall–Kier alpha value is -1.71. The van der Waals surface area contributed by atoms with Crippen LogP contribution in [0.5, 0.6) is 0 Å². The number of aliphatic imine (C=N–C) groups is 1. The van der Waals surface area contributed by atoms with Gasteiger partial charge in [0.25, 0.3) is 0 Å². The molecule has 1 N–H and O–H groups in total. The molecule has 1 aromatic rings. The molecule has 4 heterocycles. The van der Waals surface area contributed by atoms with E-state index >= 15 is 0 Å². The molecule has 3 saturated heterocycles. The van der Waals surface area contributed by atoms with Crippen LogP contribution in [0.1, 0.15) is 50.2 Å². The summed E-state index contributed by atoms with van der Waals surface area (Å²) in [6, 6.07) is 0. The van der Waals surface area contributed by atoms with Gasteiger partial charge < -0.3 is 29.0 Å². The Labute approximate surface area is 179 Å². The van der Waals surface area contributed by atoms with E-state index in [1.165, 1.54) is 0 Å². The third kappa shape index (κ3) is 5.70. The number of piperidine rings is 1. The molecule has 0 amide bonds. The molecule has 30 heavy (non-hydrogen) atoms. The number of likely N-dealkylation sites (tertiary alicyclic amines) is 1. The van der Waals surface area contributed by atoms with Gasteiger partial charge in [0.15, 0.2) is 11.8 Å². The van der Waals surface area contributed by atoms with Crippen molar-refractivity contribution >= 4 is 5.96 Å². The minimum absolute atomic E-state index is 0.277. The Balaban J connectivity index is 1.31. The van der Waals surface area contributed by atoms with Gasteiger partial charge in [0.2, 0.25) is 0 Å². The van der Waals surface area contributed by atoms with Crippen LogP contribution >= 0.6 is 0 Å². The van der Waals surface area contributed by atoms with E-state index in [0.29, 0.717) is 18.8 Å². The molecule has 0 aliphatic carbocycles. The number of nitrogens with zero attached hydrogens (tertiary/aromatic N) is 5. The number of hydrogen-bond acceptors (Lipinski definition) is 6. The molecule has 0 spiro atoms. The highest BCUT2D eigenvalue weighted by Crippen LogP contribution is 2.18. The van der Waals surface area contributed by atoms with Crippen LogP contribution in [0, 0.1) is 6.92 Å². The molecule has 2 atom stereocenters. The van der Waals surface area contributed by atoms with Gasteiger partial charge in [-0.1, -0.05) is 0 Å². The summed E-state index contributed by atoms with van der Waals surface area (Å²) < 4.78 is 19.6. The minimum Gasteiger partial charge on any atom is -0.376 e. The van der Waals surface area contributed by atoms with Crippen molar-refractivity contribution in [3.05, 3.63) is 11.6 Å². The van der Waals surface area contributed by atoms with Crippen LogP contribution in [-0.2, 0) is 27.8 Å². The van der Waals surface area contributed by atoms with Crippen LogP contribution in [0.4, 0.5) is 0 Å². The van der Waals surface area contributed by atoms with Crippen molar-refractivity contribution in [1.82, 2.24) is 25.0 Å². The Morgan fingerprint density at radius 3 is 2.47 bits per heavy atom. The molecule has 168 valence electrons. The number of rotatable bonds is 7. The Morgan fingerprint density at radius 1 is 1.10 bits per heavy atom. The number of ether oxygens (including phenoxy) is 3. The lowest BCUT2D eigenvalue weighted by Crippen LogP contribution is -2.48. The second kappa shape index (κ2) is 10.5. The zero-order chi connectivity index (χ0) is 20.8. The van der Waals surface area contributed by atoms with Crippen LogP contribution in [0.15, 0.2) is 4.99 Å². The number of guanidine groups is 1. The van der Waals surface area contributed by atoms with Gasteiger partial charge in [-0.15, -0.1) is 10.2 Å². The van der Waals surface area contributed by atoms with Gasteiger partial charge in [-0.25, -0.2) is 4.99 Å². The van der Waals surface area contributed by atoms with E-state index in [-0.39, 0.29) is 6.10 Å². The van der Waals surface area contributed by atoms with E-state index in [1.54, 1.807) is 0 Å². The molecule has 3 aliphatic rings. The average Bonchev–Trinajstić information content (AvgIpc) is 3.53. The first kappa shape index (κ1) is 21.5. The van der Waals surface area contributed by atoms with Gasteiger partial charge in [-0.2, -0.15) is 0 Å². The summed E-state index contributed by atoms with van der Waals surface area (Å²) in [6.07, 6.45) is 7.45. The lowest BCUT2D eigenvalue weighted by molar-refractivity contribution is -0.0367. The quantitative estimate of drug-likeness (QED) is 0.527. The van der Waals surface area contributed by atoms with Gasteiger partial charge in [-0.05, 0) is 45.4 Å². The molecule has 1 aromatic heterocycles. The Morgan fingerprint density at radius 2 is 1.83 bits per heavy atom. The molecule has 0 aromatic carbocycles. The van der Waals surface area contributed by atoms with Crippen LogP contribution in [0.25, 0.3) is 0 Å². The van der Waals surface area contributed by atoms with E-state index in [4.69, 9.17) is 19.2 Å². The lowest BCUT2D eigenvalue weighted by atomic mass is 10.1. The van der Waals surface area contributed by atoms with E-state index in [0.717, 1.165) is 95.6 Å². The van der Waals surface area contributed by atoms with E-state index in [9.17, 15) is 0 Å². The summed E-state index contributed by atoms with van der Waals surface area (Å²) in [4.78, 5) is 7.22. The summed E-state index contributed by atoms with van der Waals surface area (Å²) in [6.45, 7) is 7.62. The van der Waals surface area contributed by atoms with Crippen LogP contribution in [0.2, 0.25) is 0 Å². The maximum Gasteiger partial charge on any atom is 0.194 e. The van der Waals surface area contributed by atoms with Crippen molar-refractivity contribution in [2.24, 2.45) is 12.0 Å². The highest BCUT2D eigenvalue weighted by atomic mass is 16.5. The average molecular weight is 421 g/mol. The maximum absolute atomic E-state index is 6.13. The SMILES string of the molecule is Cc1nnc(CN=C(NCC2CCCO2)N2CCC(OCC3CCCO3)CC2)n1C. The van der Waals surface area contributed by atoms with E-state index in [1.807, 2.05) is 18.5 Å². The summed E-state index contributed by atoms with van der Waals surface area (Å²) >= 11 is 0. The molecule has 4 rings (SSSR count). The standard InChI is InChI=1S/C21H36N6O3/c1-16-24-25-20(26(16)2)14-23-21(22-13-18-5-3-11-28-18)27-9-7-17(8-10-27)30-15-19-6-4-12-29-19/h17-19H,3-15H2,1-2H3,(H,22,23). The first-order valence-corrected chi connectivity index (χ1v) is 11.4. The first-order chi connectivity index (χ1) is 14.7. The minimum atomic E-state index is 0.277. The van der Waals surface area contributed by atoms with Gasteiger partial charge in [0, 0.05) is 39.9 Å². The van der Waals surface area contributed by atoms with Crippen molar-refractivity contribution in [2.45, 2.75) is 70.3 Å². The fourth-order valence-corrected chi connectivity index (χ4v) is 4.27. The molecule has 0 saturated carbocycles. The Bertz CT molecular complexity index is 689. The van der Waals surface area contributed by atoms with Crippen molar-refractivity contribution in [2.75, 3.05) is 39.5 Å². The summed E-state index contributed by atoms with van der Waals surface area (Å²) in [5, 5.41) is 11.9. The van der Waals surface area contributed by atoms with Gasteiger partial charge in [0.05, 0.1) is 24.9 Å². The largest absolute Gasteiger partial charge is 0.376 e. The first-order valence-electron chi connectivity index (χ1n) is 11.4. The highest BCUT2D eigenvalue weighted by molar-refractivity contribution is 5.80. The third-order valence-corrected chi connectivity index (χ3v) is 6.35. The third-order valence-electron chi connectivity index (χ3n) is 6.35. The fraction of sp³-hybridized carbons (Fsp3) is 0.857. The van der Waals surface area contributed by atoms with Crippen molar-refractivity contribution in [1.29, 1.82) is 0 Å². The van der Waals surface area contributed by atoms with Crippen molar-refractivity contribution in [3.63, 3.8) is 0 Å². The maximum atomic E-state index is 6.13. The molecule has 9 heteroatoms. The zero-order valence-corrected chi connectivity index (χ0v) is 18.4. The summed E-state index contributed by atoms with van der Waals surface area (Å²) in [5.74, 6) is 2.71. The van der Waals surface area contributed by atoms with Crippen molar-refractivity contribution < 1.29 is 14.2 Å². The molecule has 3 aliphatic heterocycles. The van der Waals surface area contributed by atoms with E-state index in [2.05, 4.69) is 20.4 Å². The van der Waals surface area contributed by atoms with Crippen molar-refractivity contribution in [3.8, 4) is 0 Å². The topological polar surface area (TPSA) is 86.0 Å². The van der Waals surface area contributed by atoms with Gasteiger partial charge in [0.1, 0.15) is 12.4 Å². The van der Waals surface area contributed by atoms with Crippen LogP contribution < -0.4 is 5.32 Å². The predicted octanol–water partition coefficient (Wildman–Crippen LogP) is 1.41. The Kier molecular flexibility index (Phi) is 7.57. The molecule has 0 bridgehead atoms. The molecular formula is C21H36N6O3. The number of nitrogens with one attached hydrogen (secondary N) is 1. The van der Waals surface area contributed by atoms with Crippen LogP contribution in [0.3, 0.4) is 0 Å². The fourth-order valence-electron chi connectivity index (χ4n) is 4.27. The monoisotopic (exact) mass is 420 g/mol. The van der Waals surface area contributed by atoms with E-state index < -0.39 is 0 Å². The number of aryl methyl sites for hydroxylation is 1. The predicted molar refractivity (Wildman–Crippen MR) is 113 cm³/mol. The molecular weight excluding hydrogens is 384 g/mol. The normalized spacial score (nSPS) is 25.9. The van der Waals surface area contributed by atoms with Crippen LogP contribution in [-0.4, -0.2) is 83.4 Å². The molecule has 3 fully saturated rings. The smallest absolute Gasteiger partial charge is 0.194 e. The second-order valence-corrected chi connectivity index (χ2v) is 8.53.